The summed E-state index contributed by atoms with van der Waals surface area (Å²) in [5, 5.41) is 8.95. The van der Waals surface area contributed by atoms with E-state index in [1.54, 1.807) is 18.2 Å². The Hall–Kier alpha value is -2.67. The largest absolute Gasteiger partial charge is 0.490 e. The molecule has 0 aliphatic rings. The summed E-state index contributed by atoms with van der Waals surface area (Å²) in [5.41, 5.74) is 1.84. The van der Waals surface area contributed by atoms with E-state index < -0.39 is 0 Å². The number of nitriles is 1. The molecule has 4 heteroatoms. The molecule has 0 aromatic heterocycles. The molecule has 0 amide bonds. The second kappa shape index (κ2) is 8.83. The molecular weight excluding hydrogens is 302 g/mol. The topological polar surface area (TPSA) is 51.5 Å². The normalized spacial score (nSPS) is 10.3. The van der Waals surface area contributed by atoms with Gasteiger partial charge >= 0.3 is 0 Å². The maximum Gasteiger partial charge on any atom is 0.162 e. The van der Waals surface area contributed by atoms with E-state index in [9.17, 15) is 0 Å². The van der Waals surface area contributed by atoms with Crippen molar-refractivity contribution in [2.24, 2.45) is 0 Å². The minimum atomic E-state index is 0.401. The van der Waals surface area contributed by atoms with Crippen molar-refractivity contribution in [1.29, 1.82) is 5.26 Å². The van der Waals surface area contributed by atoms with Crippen LogP contribution in [0.5, 0.6) is 17.2 Å². The van der Waals surface area contributed by atoms with Gasteiger partial charge < -0.3 is 14.2 Å². The maximum absolute atomic E-state index is 8.95. The molecule has 0 aliphatic carbocycles. The number of rotatable bonds is 8. The molecule has 0 unspecified atom stereocenters. The van der Waals surface area contributed by atoms with Gasteiger partial charge in [-0.1, -0.05) is 26.0 Å². The van der Waals surface area contributed by atoms with Crippen LogP contribution in [0, 0.1) is 11.3 Å². The molecule has 24 heavy (non-hydrogen) atoms. The third-order valence-electron chi connectivity index (χ3n) is 3.53. The lowest BCUT2D eigenvalue weighted by atomic mass is 10.0. The van der Waals surface area contributed by atoms with Crippen molar-refractivity contribution in [3.63, 3.8) is 0 Å². The lowest BCUT2D eigenvalue weighted by Crippen LogP contribution is -2.10. The van der Waals surface area contributed by atoms with Crippen LogP contribution in [0.1, 0.15) is 37.8 Å². The van der Waals surface area contributed by atoms with E-state index in [2.05, 4.69) is 32.0 Å². The van der Waals surface area contributed by atoms with E-state index in [0.29, 0.717) is 42.8 Å². The molecular formula is C20H23NO3. The molecule has 2 aromatic rings. The van der Waals surface area contributed by atoms with Crippen LogP contribution in [0.15, 0.2) is 42.5 Å². The van der Waals surface area contributed by atoms with Crippen molar-refractivity contribution in [2.75, 3.05) is 19.8 Å². The maximum atomic E-state index is 8.95. The van der Waals surface area contributed by atoms with Gasteiger partial charge in [-0.05, 0) is 42.7 Å². The summed E-state index contributed by atoms with van der Waals surface area (Å²) in [5.74, 6) is 2.54. The first-order valence-electron chi connectivity index (χ1n) is 8.16. The molecule has 2 rings (SSSR count). The highest BCUT2D eigenvalue weighted by Crippen LogP contribution is 2.28. The Balaban J connectivity index is 1.86. The number of benzene rings is 2. The van der Waals surface area contributed by atoms with Gasteiger partial charge in [0.1, 0.15) is 19.0 Å². The molecule has 126 valence electrons. The minimum Gasteiger partial charge on any atom is -0.490 e. The zero-order valence-corrected chi connectivity index (χ0v) is 14.4. The fourth-order valence-corrected chi connectivity index (χ4v) is 2.23. The van der Waals surface area contributed by atoms with Crippen molar-refractivity contribution in [2.45, 2.75) is 26.7 Å². The van der Waals surface area contributed by atoms with Gasteiger partial charge in [0.2, 0.25) is 0 Å². The quantitative estimate of drug-likeness (QED) is 0.669. The van der Waals surface area contributed by atoms with Crippen LogP contribution < -0.4 is 14.2 Å². The van der Waals surface area contributed by atoms with Gasteiger partial charge in [-0.15, -0.1) is 0 Å². The van der Waals surface area contributed by atoms with E-state index in [1.165, 1.54) is 5.56 Å². The Labute approximate surface area is 143 Å². The Bertz CT molecular complexity index is 687. The summed E-state index contributed by atoms with van der Waals surface area (Å²) in [6.45, 7) is 7.58. The molecule has 0 spiro atoms. The summed E-state index contributed by atoms with van der Waals surface area (Å²) >= 11 is 0. The zero-order valence-electron chi connectivity index (χ0n) is 14.4. The Morgan fingerprint density at radius 1 is 0.917 bits per heavy atom. The van der Waals surface area contributed by atoms with Crippen molar-refractivity contribution in [3.8, 4) is 23.3 Å². The zero-order chi connectivity index (χ0) is 17.4. The molecule has 0 fully saturated rings. The van der Waals surface area contributed by atoms with Crippen LogP contribution in [0.3, 0.4) is 0 Å². The molecule has 0 saturated heterocycles. The van der Waals surface area contributed by atoms with E-state index in [4.69, 9.17) is 19.5 Å². The van der Waals surface area contributed by atoms with Gasteiger partial charge in [0.05, 0.1) is 18.2 Å². The molecule has 2 aromatic carbocycles. The van der Waals surface area contributed by atoms with Gasteiger partial charge in [-0.2, -0.15) is 5.26 Å². The van der Waals surface area contributed by atoms with Crippen LogP contribution in [-0.2, 0) is 0 Å². The predicted molar refractivity (Wildman–Crippen MR) is 93.8 cm³/mol. The molecule has 0 atom stereocenters. The molecule has 0 saturated carbocycles. The van der Waals surface area contributed by atoms with E-state index in [0.717, 1.165) is 5.75 Å². The van der Waals surface area contributed by atoms with Crippen LogP contribution in [0.2, 0.25) is 0 Å². The van der Waals surface area contributed by atoms with Crippen LogP contribution in [0.25, 0.3) is 0 Å². The third-order valence-corrected chi connectivity index (χ3v) is 3.53. The van der Waals surface area contributed by atoms with Gasteiger partial charge in [-0.25, -0.2) is 0 Å². The van der Waals surface area contributed by atoms with Gasteiger partial charge in [0, 0.05) is 6.07 Å². The first-order chi connectivity index (χ1) is 11.6. The number of ether oxygens (including phenoxy) is 3. The second-order valence-electron chi connectivity index (χ2n) is 5.63. The van der Waals surface area contributed by atoms with Crippen LogP contribution in [0.4, 0.5) is 0 Å². The summed E-state index contributed by atoms with van der Waals surface area (Å²) in [6, 6.07) is 15.3. The van der Waals surface area contributed by atoms with Crippen molar-refractivity contribution in [1.82, 2.24) is 0 Å². The van der Waals surface area contributed by atoms with Crippen molar-refractivity contribution < 1.29 is 14.2 Å². The summed E-state index contributed by atoms with van der Waals surface area (Å²) < 4.78 is 16.9. The predicted octanol–water partition coefficient (Wildman–Crippen LogP) is 4.54. The number of hydrogen-bond acceptors (Lipinski definition) is 4. The molecule has 0 bridgehead atoms. The smallest absolute Gasteiger partial charge is 0.162 e. The standard InChI is InChI=1S/C20H23NO3/c1-4-22-20-13-16(14-21)5-10-19(20)24-12-11-23-18-8-6-17(7-9-18)15(2)3/h5-10,13,15H,4,11-12H2,1-3H3. The van der Waals surface area contributed by atoms with Gasteiger partial charge in [0.25, 0.3) is 0 Å². The van der Waals surface area contributed by atoms with Crippen molar-refractivity contribution >= 4 is 0 Å². The monoisotopic (exact) mass is 325 g/mol. The first kappa shape index (κ1) is 17.7. The average Bonchev–Trinajstić information content (AvgIpc) is 2.60. The SMILES string of the molecule is CCOc1cc(C#N)ccc1OCCOc1ccc(C(C)C)cc1. The fraction of sp³-hybridized carbons (Fsp3) is 0.350. The second-order valence-corrected chi connectivity index (χ2v) is 5.63. The van der Waals surface area contributed by atoms with Crippen LogP contribution in [-0.4, -0.2) is 19.8 Å². The van der Waals surface area contributed by atoms with E-state index in [1.807, 2.05) is 19.1 Å². The summed E-state index contributed by atoms with van der Waals surface area (Å²) in [6.07, 6.45) is 0. The first-order valence-corrected chi connectivity index (χ1v) is 8.16. The fourth-order valence-electron chi connectivity index (χ4n) is 2.23. The molecule has 0 radical (unpaired) electrons. The van der Waals surface area contributed by atoms with E-state index in [-0.39, 0.29) is 0 Å². The van der Waals surface area contributed by atoms with Gasteiger partial charge in [-0.3, -0.25) is 0 Å². The molecule has 0 heterocycles. The van der Waals surface area contributed by atoms with E-state index >= 15 is 0 Å². The minimum absolute atomic E-state index is 0.401. The highest BCUT2D eigenvalue weighted by atomic mass is 16.5. The van der Waals surface area contributed by atoms with Gasteiger partial charge in [0.15, 0.2) is 11.5 Å². The molecule has 0 aliphatic heterocycles. The number of nitrogens with zero attached hydrogens (tertiary/aromatic N) is 1. The van der Waals surface area contributed by atoms with Crippen LogP contribution >= 0.6 is 0 Å². The Morgan fingerprint density at radius 3 is 2.25 bits per heavy atom. The molecule has 0 N–H and O–H groups in total. The lowest BCUT2D eigenvalue weighted by molar-refractivity contribution is 0.208. The lowest BCUT2D eigenvalue weighted by Gasteiger charge is -2.13. The highest BCUT2D eigenvalue weighted by molar-refractivity contribution is 5.46. The summed E-state index contributed by atoms with van der Waals surface area (Å²) in [4.78, 5) is 0. The van der Waals surface area contributed by atoms with Crippen molar-refractivity contribution in [3.05, 3.63) is 53.6 Å². The average molecular weight is 325 g/mol. The number of hydrogen-bond donors (Lipinski definition) is 0. The Morgan fingerprint density at radius 2 is 1.62 bits per heavy atom. The Kier molecular flexibility index (Phi) is 6.51. The third kappa shape index (κ3) is 4.92. The highest BCUT2D eigenvalue weighted by Gasteiger charge is 2.07. The summed E-state index contributed by atoms with van der Waals surface area (Å²) in [7, 11) is 0. The molecule has 4 nitrogen and oxygen atoms in total.